The number of carbonyl (C=O) groups is 1. The van der Waals surface area contributed by atoms with E-state index >= 15 is 0 Å². The molecule has 1 aromatic carbocycles. The number of nitrogens with zero attached hydrogens (tertiary/aromatic N) is 3. The topological polar surface area (TPSA) is 69.7 Å². The number of hydrogen-bond acceptors (Lipinski definition) is 5. The number of carbonyl (C=O) groups excluding carboxylic acids is 1. The van der Waals surface area contributed by atoms with Gasteiger partial charge in [0.2, 0.25) is 0 Å². The van der Waals surface area contributed by atoms with Crippen LogP contribution < -0.4 is 15.5 Å². The van der Waals surface area contributed by atoms with E-state index in [1.165, 1.54) is 12.1 Å². The Labute approximate surface area is 175 Å². The van der Waals surface area contributed by atoms with Crippen molar-refractivity contribution in [2.24, 2.45) is 0 Å². The number of halogens is 2. The molecule has 0 bridgehead atoms. The summed E-state index contributed by atoms with van der Waals surface area (Å²) in [5.41, 5.74) is 1.95. The fourth-order valence-corrected chi connectivity index (χ4v) is 3.41. The molecule has 1 fully saturated rings. The molecule has 162 valence electrons. The van der Waals surface area contributed by atoms with Gasteiger partial charge in [0.15, 0.2) is 0 Å². The van der Waals surface area contributed by atoms with E-state index in [9.17, 15) is 13.6 Å². The van der Waals surface area contributed by atoms with E-state index in [4.69, 9.17) is 4.74 Å². The van der Waals surface area contributed by atoms with Crippen LogP contribution in [0.2, 0.25) is 0 Å². The molecule has 2 heterocycles. The van der Waals surface area contributed by atoms with Gasteiger partial charge in [0.1, 0.15) is 0 Å². The van der Waals surface area contributed by atoms with E-state index in [2.05, 4.69) is 15.6 Å². The van der Waals surface area contributed by atoms with E-state index in [1.54, 1.807) is 18.5 Å². The molecule has 0 radical (unpaired) electrons. The van der Waals surface area contributed by atoms with Gasteiger partial charge in [-0.25, -0.2) is 13.6 Å². The van der Waals surface area contributed by atoms with Crippen molar-refractivity contribution >= 4 is 17.4 Å². The van der Waals surface area contributed by atoms with Crippen LogP contribution in [0.3, 0.4) is 0 Å². The van der Waals surface area contributed by atoms with Gasteiger partial charge in [0, 0.05) is 37.6 Å². The van der Waals surface area contributed by atoms with Crippen LogP contribution >= 0.6 is 0 Å². The molecule has 1 saturated heterocycles. The summed E-state index contributed by atoms with van der Waals surface area (Å²) < 4.78 is 31.8. The molecule has 3 rings (SSSR count). The van der Waals surface area contributed by atoms with E-state index in [1.807, 2.05) is 36.0 Å². The molecule has 1 aliphatic rings. The first-order valence-corrected chi connectivity index (χ1v) is 9.81. The van der Waals surface area contributed by atoms with E-state index in [0.717, 1.165) is 5.56 Å². The zero-order valence-corrected chi connectivity index (χ0v) is 17.1. The monoisotopic (exact) mass is 419 g/mol. The number of benzene rings is 1. The van der Waals surface area contributed by atoms with Crippen LogP contribution in [0.5, 0.6) is 0 Å². The third kappa shape index (κ3) is 5.64. The first kappa shape index (κ1) is 21.9. The van der Waals surface area contributed by atoms with Crippen molar-refractivity contribution in [3.63, 3.8) is 0 Å². The van der Waals surface area contributed by atoms with Crippen LogP contribution in [0.25, 0.3) is 0 Å². The Hall–Kier alpha value is -2.78. The van der Waals surface area contributed by atoms with Crippen LogP contribution in [-0.2, 0) is 4.74 Å². The lowest BCUT2D eigenvalue weighted by Crippen LogP contribution is -2.39. The van der Waals surface area contributed by atoms with Gasteiger partial charge in [0.05, 0.1) is 30.6 Å². The number of aromatic nitrogens is 1. The maximum absolute atomic E-state index is 13.2. The molecule has 30 heavy (non-hydrogen) atoms. The Morgan fingerprint density at radius 1 is 1.17 bits per heavy atom. The van der Waals surface area contributed by atoms with Gasteiger partial charge in [-0.05, 0) is 43.9 Å². The number of pyridine rings is 1. The van der Waals surface area contributed by atoms with Crippen molar-refractivity contribution in [2.75, 3.05) is 57.2 Å². The summed E-state index contributed by atoms with van der Waals surface area (Å²) in [7, 11) is 3.85. The maximum Gasteiger partial charge on any atom is 0.319 e. The van der Waals surface area contributed by atoms with Crippen molar-refractivity contribution in [1.29, 1.82) is 0 Å². The number of nitrogens with one attached hydrogen (secondary N) is 2. The molecule has 7 nitrogen and oxygen atoms in total. The Morgan fingerprint density at radius 3 is 2.50 bits per heavy atom. The highest BCUT2D eigenvalue weighted by molar-refractivity contribution is 5.93. The number of anilines is 2. The molecule has 1 atom stereocenters. The number of likely N-dealkylation sites (N-methyl/N-ethyl adjacent to an activating group) is 1. The Bertz CT molecular complexity index is 829. The summed E-state index contributed by atoms with van der Waals surface area (Å²) in [5, 5.41) is 5.60. The molecular weight excluding hydrogens is 392 g/mol. The van der Waals surface area contributed by atoms with E-state index < -0.39 is 12.5 Å². The zero-order valence-electron chi connectivity index (χ0n) is 17.1. The van der Waals surface area contributed by atoms with Gasteiger partial charge in [-0.15, -0.1) is 0 Å². The molecule has 2 amide bonds. The van der Waals surface area contributed by atoms with E-state index in [-0.39, 0.29) is 11.6 Å². The highest BCUT2D eigenvalue weighted by Crippen LogP contribution is 2.31. The number of morpholine rings is 1. The van der Waals surface area contributed by atoms with Gasteiger partial charge in [0.25, 0.3) is 6.43 Å². The minimum absolute atomic E-state index is 0.0511. The molecule has 0 saturated carbocycles. The van der Waals surface area contributed by atoms with Crippen molar-refractivity contribution < 1.29 is 18.3 Å². The molecule has 0 aliphatic carbocycles. The first-order chi connectivity index (χ1) is 14.5. The summed E-state index contributed by atoms with van der Waals surface area (Å²) in [6.45, 7) is 2.73. The third-order valence-corrected chi connectivity index (χ3v) is 5.04. The summed E-state index contributed by atoms with van der Waals surface area (Å²) >= 11 is 0. The molecule has 2 aromatic rings. The SMILES string of the molecule is CN(C)C(CNC(=O)Nc1cc(C(F)F)ccc1N1CCOCC1)c1ccncc1. The zero-order chi connectivity index (χ0) is 21.5. The predicted molar refractivity (Wildman–Crippen MR) is 112 cm³/mol. The lowest BCUT2D eigenvalue weighted by Gasteiger charge is -2.31. The fourth-order valence-electron chi connectivity index (χ4n) is 3.41. The van der Waals surface area contributed by atoms with Crippen LogP contribution in [0.15, 0.2) is 42.7 Å². The Morgan fingerprint density at radius 2 is 1.87 bits per heavy atom. The average Bonchev–Trinajstić information content (AvgIpc) is 2.75. The highest BCUT2D eigenvalue weighted by atomic mass is 19.3. The van der Waals surface area contributed by atoms with Crippen LogP contribution in [0, 0.1) is 0 Å². The van der Waals surface area contributed by atoms with E-state index in [0.29, 0.717) is 44.2 Å². The second-order valence-corrected chi connectivity index (χ2v) is 7.27. The number of rotatable bonds is 7. The quantitative estimate of drug-likeness (QED) is 0.721. The molecule has 0 spiro atoms. The maximum atomic E-state index is 13.2. The summed E-state index contributed by atoms with van der Waals surface area (Å²) in [6, 6.07) is 7.65. The minimum Gasteiger partial charge on any atom is -0.378 e. The summed E-state index contributed by atoms with van der Waals surface area (Å²) in [6.07, 6.45) is 0.796. The normalized spacial score (nSPS) is 15.3. The molecule has 1 aromatic heterocycles. The second-order valence-electron chi connectivity index (χ2n) is 7.27. The van der Waals surface area contributed by atoms with Gasteiger partial charge < -0.3 is 25.2 Å². The predicted octanol–water partition coefficient (Wildman–Crippen LogP) is 3.28. The third-order valence-electron chi connectivity index (χ3n) is 5.04. The first-order valence-electron chi connectivity index (χ1n) is 9.81. The van der Waals surface area contributed by atoms with Crippen LogP contribution in [-0.4, -0.2) is 62.9 Å². The second kappa shape index (κ2) is 10.3. The highest BCUT2D eigenvalue weighted by Gasteiger charge is 2.20. The van der Waals surface area contributed by atoms with Crippen molar-refractivity contribution in [1.82, 2.24) is 15.2 Å². The molecule has 1 unspecified atom stereocenters. The molecular formula is C21H27F2N5O2. The molecule has 1 aliphatic heterocycles. The van der Waals surface area contributed by atoms with Gasteiger partial charge in [-0.3, -0.25) is 4.98 Å². The summed E-state index contributed by atoms with van der Waals surface area (Å²) in [5.74, 6) is 0. The number of alkyl halides is 2. The van der Waals surface area contributed by atoms with Crippen LogP contribution in [0.4, 0.5) is 25.0 Å². The van der Waals surface area contributed by atoms with Gasteiger partial charge >= 0.3 is 6.03 Å². The Balaban J connectivity index is 1.72. The number of amides is 2. The lowest BCUT2D eigenvalue weighted by atomic mass is 10.1. The number of hydrogen-bond donors (Lipinski definition) is 2. The van der Waals surface area contributed by atoms with Crippen molar-refractivity contribution in [2.45, 2.75) is 12.5 Å². The van der Waals surface area contributed by atoms with Crippen LogP contribution in [0.1, 0.15) is 23.6 Å². The average molecular weight is 419 g/mol. The molecule has 2 N–H and O–H groups in total. The largest absolute Gasteiger partial charge is 0.378 e. The standard InChI is InChI=1S/C21H27F2N5O2/c1-27(2)19(15-5-7-24-8-6-15)14-25-21(29)26-17-13-16(20(22)23)3-4-18(17)28-9-11-30-12-10-28/h3-8,13,19-20H,9-12,14H2,1-2H3,(H2,25,26,29). The smallest absolute Gasteiger partial charge is 0.319 e. The van der Waals surface area contributed by atoms with Gasteiger partial charge in [-0.1, -0.05) is 6.07 Å². The number of urea groups is 1. The van der Waals surface area contributed by atoms with Crippen molar-refractivity contribution in [3.05, 3.63) is 53.9 Å². The molecule has 9 heteroatoms. The fraction of sp³-hybridized carbons (Fsp3) is 0.429. The minimum atomic E-state index is -2.61. The number of ether oxygens (including phenoxy) is 1. The lowest BCUT2D eigenvalue weighted by molar-refractivity contribution is 0.122. The summed E-state index contributed by atoms with van der Waals surface area (Å²) in [4.78, 5) is 20.6. The van der Waals surface area contributed by atoms with Crippen molar-refractivity contribution in [3.8, 4) is 0 Å². The Kier molecular flexibility index (Phi) is 7.53. The van der Waals surface area contributed by atoms with Gasteiger partial charge in [-0.2, -0.15) is 0 Å².